The maximum Gasteiger partial charge on any atom is 0.301 e. The lowest BCUT2D eigenvalue weighted by molar-refractivity contribution is -0.132. The first-order valence-corrected chi connectivity index (χ1v) is 14.2. The number of hydrogen-bond acceptors (Lipinski definition) is 7. The number of carbonyl (C=O) groups is 2. The van der Waals surface area contributed by atoms with Crippen molar-refractivity contribution in [2.24, 2.45) is 0 Å². The van der Waals surface area contributed by atoms with Crippen LogP contribution in [0.5, 0.6) is 5.75 Å². The largest absolute Gasteiger partial charge is 0.507 e. The number of aliphatic hydroxyl groups is 1. The van der Waals surface area contributed by atoms with Gasteiger partial charge in [-0.3, -0.25) is 19.5 Å². The molecule has 1 aliphatic heterocycles. The summed E-state index contributed by atoms with van der Waals surface area (Å²) in [5.41, 5.74) is 3.38. The van der Waals surface area contributed by atoms with Gasteiger partial charge in [-0.05, 0) is 66.3 Å². The zero-order valence-corrected chi connectivity index (χ0v) is 24.4. The molecule has 1 atom stereocenters. The van der Waals surface area contributed by atoms with Crippen LogP contribution < -0.4 is 9.64 Å². The molecule has 5 rings (SSSR count). The van der Waals surface area contributed by atoms with Crippen molar-refractivity contribution in [3.8, 4) is 5.75 Å². The van der Waals surface area contributed by atoms with Gasteiger partial charge in [0.1, 0.15) is 17.6 Å². The van der Waals surface area contributed by atoms with Gasteiger partial charge in [0.15, 0.2) is 5.13 Å². The van der Waals surface area contributed by atoms with Gasteiger partial charge >= 0.3 is 5.91 Å². The van der Waals surface area contributed by atoms with Crippen molar-refractivity contribution in [3.05, 3.63) is 88.8 Å². The summed E-state index contributed by atoms with van der Waals surface area (Å²) >= 11 is 1.35. The minimum absolute atomic E-state index is 0.0187. The van der Waals surface area contributed by atoms with Gasteiger partial charge in [0.25, 0.3) is 5.78 Å². The number of pyridine rings is 1. The summed E-state index contributed by atoms with van der Waals surface area (Å²) in [5, 5.41) is 12.0. The number of hydrogen-bond donors (Lipinski definition) is 1. The van der Waals surface area contributed by atoms with E-state index in [2.05, 4.69) is 45.7 Å². The van der Waals surface area contributed by atoms with Gasteiger partial charge in [-0.1, -0.05) is 58.1 Å². The van der Waals surface area contributed by atoms with E-state index in [4.69, 9.17) is 9.72 Å². The van der Waals surface area contributed by atoms with Crippen molar-refractivity contribution in [2.45, 2.75) is 58.9 Å². The highest BCUT2D eigenvalue weighted by Crippen LogP contribution is 2.44. The molecule has 0 saturated carbocycles. The lowest BCUT2D eigenvalue weighted by atomic mass is 9.84. The molecule has 0 bridgehead atoms. The Bertz CT molecular complexity index is 1630. The summed E-state index contributed by atoms with van der Waals surface area (Å²) in [7, 11) is 0. The monoisotopic (exact) mass is 555 g/mol. The zero-order valence-electron chi connectivity index (χ0n) is 23.6. The van der Waals surface area contributed by atoms with E-state index in [-0.39, 0.29) is 16.7 Å². The first-order valence-electron chi connectivity index (χ1n) is 13.4. The molecule has 1 aliphatic rings. The maximum absolute atomic E-state index is 13.6. The Labute approximate surface area is 238 Å². The number of aliphatic hydroxyl groups excluding tert-OH is 1. The molecule has 1 fully saturated rings. The number of ether oxygens (including phenoxy) is 1. The van der Waals surface area contributed by atoms with E-state index in [0.717, 1.165) is 21.3 Å². The average molecular weight is 556 g/mol. The van der Waals surface area contributed by atoms with Gasteiger partial charge in [-0.15, -0.1) is 0 Å². The van der Waals surface area contributed by atoms with Gasteiger partial charge in [0.2, 0.25) is 0 Å². The molecule has 3 heterocycles. The van der Waals surface area contributed by atoms with Crippen LogP contribution in [-0.2, 0) is 15.0 Å². The van der Waals surface area contributed by atoms with Gasteiger partial charge < -0.3 is 9.84 Å². The molecule has 1 N–H and O–H groups in total. The third kappa shape index (κ3) is 4.88. The van der Waals surface area contributed by atoms with Crippen molar-refractivity contribution in [1.82, 2.24) is 9.97 Å². The van der Waals surface area contributed by atoms with Crippen molar-refractivity contribution in [2.75, 3.05) is 11.5 Å². The van der Waals surface area contributed by atoms with Crippen LogP contribution >= 0.6 is 11.3 Å². The van der Waals surface area contributed by atoms with Crippen LogP contribution in [0, 0.1) is 0 Å². The summed E-state index contributed by atoms with van der Waals surface area (Å²) in [6, 6.07) is 15.7. The highest BCUT2D eigenvalue weighted by Gasteiger charge is 2.49. The molecule has 0 spiro atoms. The molecular weight excluding hydrogens is 522 g/mol. The first kappa shape index (κ1) is 27.5. The maximum atomic E-state index is 13.6. The number of aromatic nitrogens is 2. The van der Waals surface area contributed by atoms with Crippen LogP contribution in [0.1, 0.15) is 75.9 Å². The minimum atomic E-state index is -0.934. The molecule has 2 aromatic carbocycles. The minimum Gasteiger partial charge on any atom is -0.507 e. The molecule has 0 aliphatic carbocycles. The Morgan fingerprint density at radius 2 is 1.88 bits per heavy atom. The number of ketones is 1. The van der Waals surface area contributed by atoms with E-state index in [1.165, 1.54) is 16.2 Å². The quantitative estimate of drug-likeness (QED) is 0.154. The Kier molecular flexibility index (Phi) is 7.23. The van der Waals surface area contributed by atoms with Crippen molar-refractivity contribution >= 4 is 44.1 Å². The van der Waals surface area contributed by atoms with E-state index in [1.807, 2.05) is 25.1 Å². The second kappa shape index (κ2) is 10.5. The number of benzene rings is 2. The highest BCUT2D eigenvalue weighted by molar-refractivity contribution is 7.22. The summed E-state index contributed by atoms with van der Waals surface area (Å²) in [5.74, 6) is -0.731. The van der Waals surface area contributed by atoms with Crippen LogP contribution in [0.15, 0.2) is 66.4 Å². The Morgan fingerprint density at radius 3 is 2.52 bits per heavy atom. The molecule has 2 aromatic heterocycles. The molecule has 7 nitrogen and oxygen atoms in total. The van der Waals surface area contributed by atoms with E-state index in [0.29, 0.717) is 34.7 Å². The number of rotatable bonds is 6. The summed E-state index contributed by atoms with van der Waals surface area (Å²) in [6.45, 7) is 12.8. The zero-order chi connectivity index (χ0) is 28.8. The molecule has 8 heteroatoms. The van der Waals surface area contributed by atoms with Crippen LogP contribution in [0.2, 0.25) is 0 Å². The molecule has 1 saturated heterocycles. The molecule has 0 radical (unpaired) electrons. The number of thiazole rings is 1. The van der Waals surface area contributed by atoms with E-state index in [9.17, 15) is 14.7 Å². The van der Waals surface area contributed by atoms with E-state index >= 15 is 0 Å². The standard InChI is InChI=1S/C32H33N3O4S/c1-7-39-24-14-12-20(16-21(24)32(4,5)6)28(36)26-27(23-10-8-9-15-33-23)35(30(38)29(26)37)31-34-22-13-11-19(18(2)3)17-25(22)40-31/h8-18,27,36H,7H2,1-6H3/b28-26+. The molecular formula is C32H33N3O4S. The summed E-state index contributed by atoms with van der Waals surface area (Å²) in [4.78, 5) is 37.8. The van der Waals surface area contributed by atoms with Gasteiger partial charge in [0, 0.05) is 17.3 Å². The number of carbonyl (C=O) groups excluding carboxylic acids is 2. The van der Waals surface area contributed by atoms with Crippen LogP contribution in [0.3, 0.4) is 0 Å². The number of Topliss-reactive ketones (excluding diaryl/α,β-unsaturated/α-hetero) is 1. The van der Waals surface area contributed by atoms with Gasteiger partial charge in [0.05, 0.1) is 28.1 Å². The molecule has 4 aromatic rings. The Morgan fingerprint density at radius 1 is 1.10 bits per heavy atom. The van der Waals surface area contributed by atoms with Crippen molar-refractivity contribution < 1.29 is 19.4 Å². The Balaban J connectivity index is 1.69. The fraction of sp³-hybridized carbons (Fsp3) is 0.312. The highest BCUT2D eigenvalue weighted by atomic mass is 32.1. The second-order valence-corrected chi connectivity index (χ2v) is 12.2. The number of amides is 1. The van der Waals surface area contributed by atoms with Crippen molar-refractivity contribution in [3.63, 3.8) is 0 Å². The molecule has 40 heavy (non-hydrogen) atoms. The van der Waals surface area contributed by atoms with Crippen molar-refractivity contribution in [1.29, 1.82) is 0 Å². The summed E-state index contributed by atoms with van der Waals surface area (Å²) in [6.07, 6.45) is 1.61. The average Bonchev–Trinajstić information content (AvgIpc) is 3.46. The molecule has 1 amide bonds. The summed E-state index contributed by atoms with van der Waals surface area (Å²) < 4.78 is 6.76. The van der Waals surface area contributed by atoms with Crippen LogP contribution in [0.4, 0.5) is 5.13 Å². The predicted octanol–water partition coefficient (Wildman–Crippen LogP) is 7.14. The van der Waals surface area contributed by atoms with Gasteiger partial charge in [-0.25, -0.2) is 4.98 Å². The number of fused-ring (bicyclic) bond motifs is 1. The van der Waals surface area contributed by atoms with E-state index < -0.39 is 17.7 Å². The smallest absolute Gasteiger partial charge is 0.301 e. The SMILES string of the molecule is CCOc1ccc(/C(O)=C2\C(=O)C(=O)N(c3nc4ccc(C(C)C)cc4s3)C2c2ccccn2)cc1C(C)(C)C. The lowest BCUT2D eigenvalue weighted by Gasteiger charge is -2.24. The first-order chi connectivity index (χ1) is 19.0. The normalized spacial score (nSPS) is 17.3. The lowest BCUT2D eigenvalue weighted by Crippen LogP contribution is -2.29. The molecule has 206 valence electrons. The van der Waals surface area contributed by atoms with Crippen LogP contribution in [0.25, 0.3) is 16.0 Å². The topological polar surface area (TPSA) is 92.6 Å². The fourth-order valence-corrected chi connectivity index (χ4v) is 5.98. The predicted molar refractivity (Wildman–Crippen MR) is 159 cm³/mol. The van der Waals surface area contributed by atoms with Gasteiger partial charge in [-0.2, -0.15) is 0 Å². The number of nitrogens with zero attached hydrogens (tertiary/aromatic N) is 3. The number of anilines is 1. The fourth-order valence-electron chi connectivity index (χ4n) is 4.94. The molecule has 1 unspecified atom stereocenters. The second-order valence-electron chi connectivity index (χ2n) is 11.2. The Hall–Kier alpha value is -4.04. The third-order valence-corrected chi connectivity index (χ3v) is 8.06. The third-order valence-electron chi connectivity index (χ3n) is 7.05. The van der Waals surface area contributed by atoms with Crippen LogP contribution in [-0.4, -0.2) is 33.4 Å². The van der Waals surface area contributed by atoms with E-state index in [1.54, 1.807) is 36.5 Å².